The van der Waals surface area contributed by atoms with Crippen molar-refractivity contribution >= 4 is 15.7 Å². The minimum absolute atomic E-state index is 0.334. The second-order valence-corrected chi connectivity index (χ2v) is 10.6. The summed E-state index contributed by atoms with van der Waals surface area (Å²) in [6, 6.07) is 11.8. The molecule has 1 atom stereocenters. The number of rotatable bonds is 5. The van der Waals surface area contributed by atoms with Crippen LogP contribution in [0.1, 0.15) is 42.1 Å². The summed E-state index contributed by atoms with van der Waals surface area (Å²) in [6.45, 7) is 1.98. The lowest BCUT2D eigenvalue weighted by Gasteiger charge is -2.39. The van der Waals surface area contributed by atoms with E-state index in [1.807, 2.05) is 6.07 Å². The Morgan fingerprint density at radius 3 is 2.52 bits per heavy atom. The van der Waals surface area contributed by atoms with E-state index in [9.17, 15) is 23.0 Å². The highest BCUT2D eigenvalue weighted by molar-refractivity contribution is 7.92. The number of aliphatic hydroxyl groups is 2. The summed E-state index contributed by atoms with van der Waals surface area (Å²) < 4.78 is 39.6. The van der Waals surface area contributed by atoms with Gasteiger partial charge in [-0.3, -0.25) is 4.31 Å². The molecule has 1 fully saturated rings. The van der Waals surface area contributed by atoms with Crippen molar-refractivity contribution < 1.29 is 23.0 Å². The molecule has 0 saturated carbocycles. The first kappa shape index (κ1) is 22.2. The minimum atomic E-state index is -3.32. The first-order valence-corrected chi connectivity index (χ1v) is 12.5. The number of fused-ring (bicyclic) bond motifs is 1. The van der Waals surface area contributed by atoms with Gasteiger partial charge in [0.25, 0.3) is 0 Å². The fourth-order valence-electron chi connectivity index (χ4n) is 4.70. The predicted octanol–water partition coefficient (Wildman–Crippen LogP) is 2.55. The Morgan fingerprint density at radius 2 is 1.84 bits per heavy atom. The second-order valence-electron chi connectivity index (χ2n) is 8.65. The molecule has 0 spiro atoms. The molecular weight excluding hydrogens is 419 g/mol. The van der Waals surface area contributed by atoms with Crippen LogP contribution in [0.2, 0.25) is 0 Å². The lowest BCUT2D eigenvalue weighted by atomic mass is 9.84. The van der Waals surface area contributed by atoms with E-state index >= 15 is 0 Å². The van der Waals surface area contributed by atoms with Crippen molar-refractivity contribution in [3.63, 3.8) is 0 Å². The Bertz CT molecular complexity index is 1050. The van der Waals surface area contributed by atoms with Gasteiger partial charge in [0.05, 0.1) is 23.6 Å². The summed E-state index contributed by atoms with van der Waals surface area (Å²) in [5, 5.41) is 21.7. The number of halogens is 1. The largest absolute Gasteiger partial charge is 0.387 e. The van der Waals surface area contributed by atoms with Crippen LogP contribution in [0.3, 0.4) is 0 Å². The second kappa shape index (κ2) is 8.50. The topological polar surface area (TPSA) is 81.1 Å². The monoisotopic (exact) mass is 448 g/mol. The highest BCUT2D eigenvalue weighted by Gasteiger charge is 2.36. The summed E-state index contributed by atoms with van der Waals surface area (Å²) >= 11 is 0. The number of sulfonamides is 1. The van der Waals surface area contributed by atoms with Crippen LogP contribution in [0.5, 0.6) is 0 Å². The Balaban J connectivity index is 1.42. The third kappa shape index (κ3) is 4.62. The zero-order valence-electron chi connectivity index (χ0n) is 17.7. The smallest absolute Gasteiger partial charge is 0.232 e. The number of hydrogen-bond acceptors (Lipinski definition) is 5. The average molecular weight is 449 g/mol. The lowest BCUT2D eigenvalue weighted by Crippen LogP contribution is -2.44. The number of nitrogens with zero attached hydrogens (tertiary/aromatic N) is 2. The van der Waals surface area contributed by atoms with E-state index in [2.05, 4.69) is 4.90 Å². The van der Waals surface area contributed by atoms with Crippen molar-refractivity contribution in [3.05, 3.63) is 65.0 Å². The maximum absolute atomic E-state index is 14.1. The Kier molecular flexibility index (Phi) is 6.09. The molecular formula is C23H29FN2O4S. The van der Waals surface area contributed by atoms with Crippen molar-refractivity contribution in [2.24, 2.45) is 0 Å². The first-order chi connectivity index (χ1) is 14.7. The molecule has 0 radical (unpaired) electrons. The number of aliphatic hydroxyl groups excluding tert-OH is 1. The predicted molar refractivity (Wildman–Crippen MR) is 118 cm³/mol. The molecule has 6 nitrogen and oxygen atoms in total. The van der Waals surface area contributed by atoms with E-state index < -0.39 is 27.5 Å². The van der Waals surface area contributed by atoms with Crippen LogP contribution in [-0.2, 0) is 22.0 Å². The van der Waals surface area contributed by atoms with Crippen LogP contribution in [0.4, 0.5) is 10.1 Å². The van der Waals surface area contributed by atoms with Gasteiger partial charge in [0.1, 0.15) is 5.82 Å². The van der Waals surface area contributed by atoms with E-state index in [1.54, 1.807) is 30.3 Å². The standard InChI is InChI=1S/C23H29FN2O4S/c1-31(29,30)26-12-4-5-17-15-18(8-9-21(17)26)22(27)16-25-13-10-23(28,11-14-25)19-6-2-3-7-20(19)24/h2-3,6-9,15,22,27-28H,4-5,10-14,16H2,1H3. The molecule has 168 valence electrons. The Hall–Kier alpha value is -2.00. The van der Waals surface area contributed by atoms with E-state index in [0.29, 0.717) is 50.3 Å². The zero-order valence-corrected chi connectivity index (χ0v) is 18.5. The van der Waals surface area contributed by atoms with Crippen LogP contribution in [0, 0.1) is 5.82 Å². The Morgan fingerprint density at radius 1 is 1.13 bits per heavy atom. The molecule has 2 N–H and O–H groups in total. The van der Waals surface area contributed by atoms with Crippen LogP contribution < -0.4 is 4.31 Å². The van der Waals surface area contributed by atoms with Gasteiger partial charge in [-0.15, -0.1) is 0 Å². The third-order valence-electron chi connectivity index (χ3n) is 6.45. The van der Waals surface area contributed by atoms with Gasteiger partial charge in [-0.05, 0) is 48.9 Å². The summed E-state index contributed by atoms with van der Waals surface area (Å²) in [5.74, 6) is -0.393. The molecule has 0 bridgehead atoms. The number of anilines is 1. The molecule has 0 amide bonds. The molecule has 2 heterocycles. The molecule has 1 unspecified atom stereocenters. The van der Waals surface area contributed by atoms with Gasteiger partial charge in [0.15, 0.2) is 0 Å². The normalized spacial score (nSPS) is 20.3. The van der Waals surface area contributed by atoms with Gasteiger partial charge in [0, 0.05) is 31.7 Å². The van der Waals surface area contributed by atoms with Crippen LogP contribution in [0.15, 0.2) is 42.5 Å². The van der Waals surface area contributed by atoms with Gasteiger partial charge in [-0.2, -0.15) is 0 Å². The molecule has 2 aliphatic rings. The highest BCUT2D eigenvalue weighted by atomic mass is 32.2. The van der Waals surface area contributed by atoms with Gasteiger partial charge in [0.2, 0.25) is 10.0 Å². The van der Waals surface area contributed by atoms with Gasteiger partial charge in [-0.1, -0.05) is 30.3 Å². The molecule has 2 aliphatic heterocycles. The summed E-state index contributed by atoms with van der Waals surface area (Å²) in [7, 11) is -3.32. The number of β-amino-alcohol motifs (C(OH)–C–C–N with tert-alkyl or cyclic N) is 1. The lowest BCUT2D eigenvalue weighted by molar-refractivity contribution is -0.0367. The molecule has 31 heavy (non-hydrogen) atoms. The molecule has 1 saturated heterocycles. The fraction of sp³-hybridized carbons (Fsp3) is 0.478. The molecule has 0 aromatic heterocycles. The van der Waals surface area contributed by atoms with Crippen molar-refractivity contribution in [1.29, 1.82) is 0 Å². The number of piperidine rings is 1. The zero-order chi connectivity index (χ0) is 22.2. The van der Waals surface area contributed by atoms with Crippen LogP contribution in [0.25, 0.3) is 0 Å². The first-order valence-electron chi connectivity index (χ1n) is 10.7. The minimum Gasteiger partial charge on any atom is -0.387 e. The maximum Gasteiger partial charge on any atom is 0.232 e. The summed E-state index contributed by atoms with van der Waals surface area (Å²) in [6.07, 6.45) is 2.81. The fourth-order valence-corrected chi connectivity index (χ4v) is 5.69. The molecule has 4 rings (SSSR count). The van der Waals surface area contributed by atoms with Crippen LogP contribution in [-0.4, -0.2) is 56.0 Å². The van der Waals surface area contributed by atoms with Crippen molar-refractivity contribution in [2.45, 2.75) is 37.4 Å². The number of aryl methyl sites for hydroxylation is 1. The SMILES string of the molecule is CS(=O)(=O)N1CCCc2cc(C(O)CN3CCC(O)(c4ccccc4F)CC3)ccc21. The number of likely N-dealkylation sites (tertiary alicyclic amines) is 1. The van der Waals surface area contributed by atoms with E-state index in [4.69, 9.17) is 0 Å². The number of hydrogen-bond donors (Lipinski definition) is 2. The molecule has 2 aromatic rings. The van der Waals surface area contributed by atoms with Gasteiger partial charge >= 0.3 is 0 Å². The third-order valence-corrected chi connectivity index (χ3v) is 7.63. The number of benzene rings is 2. The van der Waals surface area contributed by atoms with Crippen molar-refractivity contribution in [2.75, 3.05) is 36.7 Å². The quantitative estimate of drug-likeness (QED) is 0.735. The maximum atomic E-state index is 14.1. The average Bonchev–Trinajstić information content (AvgIpc) is 2.74. The molecule has 2 aromatic carbocycles. The van der Waals surface area contributed by atoms with Crippen molar-refractivity contribution in [1.82, 2.24) is 4.90 Å². The summed E-state index contributed by atoms with van der Waals surface area (Å²) in [4.78, 5) is 2.07. The van der Waals surface area contributed by atoms with E-state index in [0.717, 1.165) is 24.0 Å². The van der Waals surface area contributed by atoms with E-state index in [1.165, 1.54) is 16.6 Å². The van der Waals surface area contributed by atoms with E-state index in [-0.39, 0.29) is 0 Å². The Labute approximate surface area is 183 Å². The molecule has 0 aliphatic carbocycles. The molecule has 8 heteroatoms. The van der Waals surface area contributed by atoms with Gasteiger partial charge < -0.3 is 15.1 Å². The van der Waals surface area contributed by atoms with Crippen molar-refractivity contribution in [3.8, 4) is 0 Å². The van der Waals surface area contributed by atoms with Crippen LogP contribution >= 0.6 is 0 Å². The van der Waals surface area contributed by atoms with Gasteiger partial charge in [-0.25, -0.2) is 12.8 Å². The highest BCUT2D eigenvalue weighted by Crippen LogP contribution is 2.35. The summed E-state index contributed by atoms with van der Waals surface area (Å²) in [5.41, 5.74) is 1.52.